The quantitative estimate of drug-likeness (QED) is 0.0993. The summed E-state index contributed by atoms with van der Waals surface area (Å²) in [5.41, 5.74) is 24.3. The van der Waals surface area contributed by atoms with Crippen molar-refractivity contribution in [2.45, 2.75) is 52.0 Å². The Labute approximate surface area is 359 Å². The van der Waals surface area contributed by atoms with Gasteiger partial charge in [0.25, 0.3) is 5.91 Å². The summed E-state index contributed by atoms with van der Waals surface area (Å²) < 4.78 is 7.75. The maximum atomic E-state index is 12.9. The van der Waals surface area contributed by atoms with Crippen molar-refractivity contribution in [3.8, 4) is 5.75 Å². The number of likely N-dealkylation sites (tertiary alicyclic amines) is 2. The summed E-state index contributed by atoms with van der Waals surface area (Å²) in [5.74, 6) is 1.04. The molecular weight excluding hydrogens is 771 g/mol. The number of anilines is 1. The number of phenols is 1. The molecule has 0 saturated carbocycles. The predicted octanol–water partition coefficient (Wildman–Crippen LogP) is 4.66. The second-order valence-electron chi connectivity index (χ2n) is 16.3. The number of rotatable bonds is 12. The van der Waals surface area contributed by atoms with Gasteiger partial charge in [0.2, 0.25) is 12.3 Å². The topological polar surface area (TPSA) is 189 Å². The van der Waals surface area contributed by atoms with E-state index < -0.39 is 0 Å². The van der Waals surface area contributed by atoms with Gasteiger partial charge in [-0.25, -0.2) is 0 Å². The van der Waals surface area contributed by atoms with Crippen LogP contribution < -0.4 is 27.4 Å². The fourth-order valence-corrected chi connectivity index (χ4v) is 8.79. The Kier molecular flexibility index (Phi) is 15.3. The van der Waals surface area contributed by atoms with E-state index in [-0.39, 0.29) is 29.8 Å². The van der Waals surface area contributed by atoms with Gasteiger partial charge in [-0.1, -0.05) is 35.9 Å². The number of nitrogens with zero attached hydrogens (tertiary/aromatic N) is 5. The van der Waals surface area contributed by atoms with Crippen LogP contribution in [0.1, 0.15) is 65.3 Å². The first kappa shape index (κ1) is 44.6. The Balaban J connectivity index is 0.000000260. The fraction of sp³-hybridized carbons (Fsp3) is 0.426. The number of benzene rings is 3. The van der Waals surface area contributed by atoms with Crippen LogP contribution in [0.15, 0.2) is 90.4 Å². The SMILES string of the molecule is CNC(=O)CCN(C=O)c1cccc2c1cc(C)n2C1CCN(CC2CCN(C(=O)c3cccc(C)c3)CC2)CC1.NC(N)=C(/C=C(\N)c1ccccc1O)N1CCOCC1. The van der Waals surface area contributed by atoms with Gasteiger partial charge in [0.05, 0.1) is 30.1 Å². The van der Waals surface area contributed by atoms with Crippen LogP contribution in [0.5, 0.6) is 5.75 Å². The van der Waals surface area contributed by atoms with Crippen molar-refractivity contribution in [1.82, 2.24) is 24.6 Å². The van der Waals surface area contributed by atoms with Gasteiger partial charge in [0.1, 0.15) is 11.6 Å². The molecule has 3 aliphatic heterocycles. The molecule has 0 spiro atoms. The Morgan fingerprint density at radius 1 is 0.869 bits per heavy atom. The van der Waals surface area contributed by atoms with Gasteiger partial charge in [-0.05, 0) is 94.0 Å². The molecule has 3 fully saturated rings. The van der Waals surface area contributed by atoms with E-state index in [4.69, 9.17) is 21.9 Å². The molecule has 0 atom stereocenters. The number of carbonyl (C=O) groups is 3. The van der Waals surface area contributed by atoms with Crippen molar-refractivity contribution < 1.29 is 24.2 Å². The zero-order valence-electron chi connectivity index (χ0n) is 35.9. The van der Waals surface area contributed by atoms with Gasteiger partial charge in [0.15, 0.2) is 0 Å². The first-order valence-electron chi connectivity index (χ1n) is 21.4. The Hall–Kier alpha value is -5.99. The molecule has 3 aliphatic rings. The smallest absolute Gasteiger partial charge is 0.253 e. The molecule has 14 heteroatoms. The average molecular weight is 834 g/mol. The summed E-state index contributed by atoms with van der Waals surface area (Å²) in [6, 6.07) is 23.5. The molecule has 3 amide bonds. The highest BCUT2D eigenvalue weighted by Gasteiger charge is 2.29. The van der Waals surface area contributed by atoms with Gasteiger partial charge >= 0.3 is 0 Å². The van der Waals surface area contributed by atoms with Crippen LogP contribution >= 0.6 is 0 Å². The van der Waals surface area contributed by atoms with E-state index in [9.17, 15) is 19.5 Å². The predicted molar refractivity (Wildman–Crippen MR) is 241 cm³/mol. The highest BCUT2D eigenvalue weighted by molar-refractivity contribution is 5.98. The number of nitrogens with two attached hydrogens (primary N) is 3. The number of hydrogen-bond donors (Lipinski definition) is 5. The summed E-state index contributed by atoms with van der Waals surface area (Å²) in [7, 11) is 1.61. The molecule has 4 aromatic rings. The van der Waals surface area contributed by atoms with Crippen LogP contribution in [0, 0.1) is 19.8 Å². The van der Waals surface area contributed by atoms with E-state index >= 15 is 0 Å². The zero-order chi connectivity index (χ0) is 43.5. The second-order valence-corrected chi connectivity index (χ2v) is 16.3. The van der Waals surface area contributed by atoms with Crippen molar-refractivity contribution in [3.63, 3.8) is 0 Å². The van der Waals surface area contributed by atoms with Crippen molar-refractivity contribution in [1.29, 1.82) is 0 Å². The van der Waals surface area contributed by atoms with Crippen molar-refractivity contribution in [2.24, 2.45) is 23.1 Å². The molecule has 326 valence electrons. The Morgan fingerprint density at radius 2 is 1.57 bits per heavy atom. The van der Waals surface area contributed by atoms with Crippen LogP contribution in [0.2, 0.25) is 0 Å². The number of morpholine rings is 1. The van der Waals surface area contributed by atoms with Crippen LogP contribution in [0.3, 0.4) is 0 Å². The lowest BCUT2D eigenvalue weighted by atomic mass is 9.94. The number of carbonyl (C=O) groups excluding carboxylic acids is 3. The Bertz CT molecular complexity index is 2190. The number of nitrogens with one attached hydrogen (secondary N) is 1. The minimum Gasteiger partial charge on any atom is -0.507 e. The van der Waals surface area contributed by atoms with Gasteiger partial charge in [0, 0.05) is 99.8 Å². The van der Waals surface area contributed by atoms with Crippen molar-refractivity contribution in [2.75, 3.05) is 77.5 Å². The minimum atomic E-state index is -0.0779. The average Bonchev–Trinajstić information content (AvgIpc) is 3.62. The van der Waals surface area contributed by atoms with Crippen LogP contribution in [-0.2, 0) is 14.3 Å². The molecule has 0 unspecified atom stereocenters. The molecule has 14 nitrogen and oxygen atoms in total. The Morgan fingerprint density at radius 3 is 2.23 bits per heavy atom. The van der Waals surface area contributed by atoms with Gasteiger partial charge in [-0.15, -0.1) is 0 Å². The fourth-order valence-electron chi connectivity index (χ4n) is 8.79. The van der Waals surface area contributed by atoms with Crippen LogP contribution in [-0.4, -0.2) is 115 Å². The standard InChI is InChI=1S/C33H43N5O3.C14H20N4O2/c1-24-6-4-7-27(20-24)33(41)36-17-10-26(11-18-36)22-35-15-12-28(13-16-35)38-25(2)21-29-30(8-5-9-31(29)38)37(23-39)19-14-32(40)34-3;15-11(10-3-1-2-4-13(10)19)9-12(14(16)17)18-5-7-20-8-6-18/h4-9,20-21,23,26,28H,10-19,22H2,1-3H3,(H,34,40);1-4,9,19H,5-8,15-17H2/b;11-9-. The van der Waals surface area contributed by atoms with E-state index in [1.54, 1.807) is 42.3 Å². The number of aromatic hydroxyl groups is 1. The number of aryl methyl sites for hydroxylation is 2. The number of aromatic nitrogens is 1. The normalized spacial score (nSPS) is 16.7. The lowest BCUT2D eigenvalue weighted by Crippen LogP contribution is -2.43. The number of amides is 3. The largest absolute Gasteiger partial charge is 0.507 e. The number of fused-ring (bicyclic) bond motifs is 1. The number of ether oxygens (including phenoxy) is 1. The van der Waals surface area contributed by atoms with Gasteiger partial charge in [-0.2, -0.15) is 0 Å². The summed E-state index contributed by atoms with van der Waals surface area (Å²) in [6.07, 6.45) is 7.10. The lowest BCUT2D eigenvalue weighted by molar-refractivity contribution is -0.120. The molecule has 61 heavy (non-hydrogen) atoms. The van der Waals surface area contributed by atoms with Crippen LogP contribution in [0.25, 0.3) is 16.6 Å². The molecule has 7 rings (SSSR count). The number of piperidine rings is 2. The molecule has 0 radical (unpaired) electrons. The molecule has 3 saturated heterocycles. The third kappa shape index (κ3) is 11.2. The van der Waals surface area contributed by atoms with E-state index in [2.05, 4.69) is 33.8 Å². The summed E-state index contributed by atoms with van der Waals surface area (Å²) in [5, 5.41) is 13.5. The highest BCUT2D eigenvalue weighted by atomic mass is 16.5. The first-order chi connectivity index (χ1) is 29.5. The minimum absolute atomic E-state index is 0.0779. The number of hydrogen-bond acceptors (Lipinski definition) is 10. The molecule has 1 aromatic heterocycles. The molecule has 8 N–H and O–H groups in total. The summed E-state index contributed by atoms with van der Waals surface area (Å²) >= 11 is 0. The third-order valence-corrected chi connectivity index (χ3v) is 12.1. The molecule has 4 heterocycles. The first-order valence-corrected chi connectivity index (χ1v) is 21.4. The number of para-hydroxylation sites is 1. The molecule has 0 bridgehead atoms. The van der Waals surface area contributed by atoms with Crippen molar-refractivity contribution in [3.05, 3.63) is 113 Å². The van der Waals surface area contributed by atoms with Gasteiger partial charge < -0.3 is 56.5 Å². The zero-order valence-corrected chi connectivity index (χ0v) is 35.9. The van der Waals surface area contributed by atoms with E-state index in [0.29, 0.717) is 61.8 Å². The lowest BCUT2D eigenvalue weighted by Gasteiger charge is -2.38. The maximum Gasteiger partial charge on any atom is 0.253 e. The number of allylic oxidation sites excluding steroid dienone is 1. The summed E-state index contributed by atoms with van der Waals surface area (Å²) in [6.45, 7) is 12.1. The highest BCUT2D eigenvalue weighted by Crippen LogP contribution is 2.35. The molecule has 0 aliphatic carbocycles. The van der Waals surface area contributed by atoms with Crippen LogP contribution in [0.4, 0.5) is 5.69 Å². The van der Waals surface area contributed by atoms with Gasteiger partial charge in [-0.3, -0.25) is 14.4 Å². The van der Waals surface area contributed by atoms with Crippen molar-refractivity contribution >= 4 is 40.5 Å². The molecule has 3 aromatic carbocycles. The monoisotopic (exact) mass is 833 g/mol. The van der Waals surface area contributed by atoms with E-state index in [1.807, 2.05) is 53.1 Å². The van der Waals surface area contributed by atoms with E-state index in [1.165, 1.54) is 5.69 Å². The molecular formula is C47H63N9O5. The summed E-state index contributed by atoms with van der Waals surface area (Å²) in [4.78, 5) is 44.9. The second kappa shape index (κ2) is 21.0. The third-order valence-electron chi connectivity index (χ3n) is 12.1. The maximum absolute atomic E-state index is 12.9. The number of phenolic OH excluding ortho intramolecular Hbond substituents is 1. The van der Waals surface area contributed by atoms with E-state index in [0.717, 1.165) is 92.5 Å².